The summed E-state index contributed by atoms with van der Waals surface area (Å²) in [5.74, 6) is 0. The Labute approximate surface area is 93.2 Å². The molecule has 0 heterocycles. The van der Waals surface area contributed by atoms with Crippen LogP contribution >= 0.6 is 0 Å². The van der Waals surface area contributed by atoms with E-state index in [1.165, 1.54) is 22.3 Å². The van der Waals surface area contributed by atoms with Crippen molar-refractivity contribution in [1.82, 2.24) is 5.32 Å². The zero-order valence-corrected chi connectivity index (χ0v) is 10.2. The summed E-state index contributed by atoms with van der Waals surface area (Å²) >= 11 is 0. The number of nitrogens with one attached hydrogen (secondary N) is 1. The van der Waals surface area contributed by atoms with Crippen LogP contribution in [0.15, 0.2) is 23.8 Å². The molecule has 0 unspecified atom stereocenters. The first-order valence-corrected chi connectivity index (χ1v) is 5.58. The highest BCUT2D eigenvalue weighted by Gasteiger charge is 1.96. The molecule has 1 rings (SSSR count). The van der Waals surface area contributed by atoms with Crippen molar-refractivity contribution in [2.45, 2.75) is 27.2 Å². The third kappa shape index (κ3) is 3.88. The molecule has 0 bridgehead atoms. The van der Waals surface area contributed by atoms with Gasteiger partial charge >= 0.3 is 0 Å². The lowest BCUT2D eigenvalue weighted by Crippen LogP contribution is -2.09. The van der Waals surface area contributed by atoms with Gasteiger partial charge in [-0.2, -0.15) is 0 Å². The monoisotopic (exact) mass is 203 g/mol. The van der Waals surface area contributed by atoms with Crippen molar-refractivity contribution >= 4 is 6.08 Å². The lowest BCUT2D eigenvalue weighted by molar-refractivity contribution is 0.851. The van der Waals surface area contributed by atoms with E-state index in [1.54, 1.807) is 0 Å². The van der Waals surface area contributed by atoms with Crippen LogP contribution in [0.3, 0.4) is 0 Å². The minimum atomic E-state index is 0.976. The van der Waals surface area contributed by atoms with Gasteiger partial charge in [0.1, 0.15) is 0 Å². The second-order valence-electron chi connectivity index (χ2n) is 4.11. The highest BCUT2D eigenvalue weighted by Crippen LogP contribution is 2.13. The predicted octanol–water partition coefficient (Wildman–Crippen LogP) is 3.32. The Kier molecular flexibility index (Phi) is 4.57. The maximum absolute atomic E-state index is 3.20. The number of likely N-dealkylation sites (N-methyl/N-ethyl adjacent to an activating group) is 1. The Morgan fingerprint density at radius 3 is 2.27 bits per heavy atom. The molecule has 1 nitrogen and oxygen atoms in total. The van der Waals surface area contributed by atoms with Gasteiger partial charge in [-0.25, -0.2) is 0 Å². The van der Waals surface area contributed by atoms with Gasteiger partial charge in [-0.05, 0) is 32.9 Å². The van der Waals surface area contributed by atoms with E-state index in [9.17, 15) is 0 Å². The van der Waals surface area contributed by atoms with Gasteiger partial charge < -0.3 is 5.32 Å². The van der Waals surface area contributed by atoms with Crippen LogP contribution in [-0.4, -0.2) is 13.6 Å². The predicted molar refractivity (Wildman–Crippen MR) is 68.1 cm³/mol. The SMILES string of the molecule is CCC(=Cc1cc(C)cc(C)c1)CNC. The van der Waals surface area contributed by atoms with Crippen molar-refractivity contribution in [3.8, 4) is 0 Å². The molecule has 1 N–H and O–H groups in total. The molecule has 0 saturated carbocycles. The number of hydrogen-bond acceptors (Lipinski definition) is 1. The molecule has 1 aromatic rings. The fourth-order valence-electron chi connectivity index (χ4n) is 1.83. The molecular weight excluding hydrogens is 182 g/mol. The van der Waals surface area contributed by atoms with Gasteiger partial charge in [0.15, 0.2) is 0 Å². The topological polar surface area (TPSA) is 12.0 Å². The average Bonchev–Trinajstić information content (AvgIpc) is 2.15. The molecular formula is C14H21N. The first kappa shape index (κ1) is 12.0. The molecule has 0 aliphatic rings. The van der Waals surface area contributed by atoms with E-state index in [1.807, 2.05) is 7.05 Å². The van der Waals surface area contributed by atoms with Crippen LogP contribution < -0.4 is 5.32 Å². The van der Waals surface area contributed by atoms with E-state index in [2.05, 4.69) is 50.4 Å². The van der Waals surface area contributed by atoms with Crippen LogP contribution in [0.25, 0.3) is 6.08 Å². The number of benzene rings is 1. The molecule has 0 aliphatic carbocycles. The van der Waals surface area contributed by atoms with E-state index < -0.39 is 0 Å². The molecule has 0 fully saturated rings. The molecule has 0 amide bonds. The Bertz CT molecular complexity index is 330. The van der Waals surface area contributed by atoms with Crippen LogP contribution in [0.2, 0.25) is 0 Å². The molecule has 1 aromatic carbocycles. The average molecular weight is 203 g/mol. The largest absolute Gasteiger partial charge is 0.316 e. The van der Waals surface area contributed by atoms with Gasteiger partial charge in [-0.15, -0.1) is 0 Å². The number of hydrogen-bond donors (Lipinski definition) is 1. The van der Waals surface area contributed by atoms with Gasteiger partial charge in [-0.1, -0.05) is 47.9 Å². The molecule has 1 heteroatoms. The van der Waals surface area contributed by atoms with Gasteiger partial charge in [-0.3, -0.25) is 0 Å². The summed E-state index contributed by atoms with van der Waals surface area (Å²) in [6.45, 7) is 7.47. The highest BCUT2D eigenvalue weighted by atomic mass is 14.8. The van der Waals surface area contributed by atoms with Crippen LogP contribution in [0.4, 0.5) is 0 Å². The normalized spacial score (nSPS) is 11.9. The number of rotatable bonds is 4. The van der Waals surface area contributed by atoms with Crippen molar-refractivity contribution in [1.29, 1.82) is 0 Å². The van der Waals surface area contributed by atoms with Crippen LogP contribution in [0.5, 0.6) is 0 Å². The van der Waals surface area contributed by atoms with Gasteiger partial charge in [0.05, 0.1) is 0 Å². The molecule has 0 aromatic heterocycles. The summed E-state index contributed by atoms with van der Waals surface area (Å²) in [5.41, 5.74) is 5.43. The zero-order valence-electron chi connectivity index (χ0n) is 10.2. The lowest BCUT2D eigenvalue weighted by Gasteiger charge is -2.05. The molecule has 0 radical (unpaired) electrons. The van der Waals surface area contributed by atoms with Gasteiger partial charge in [0.25, 0.3) is 0 Å². The third-order valence-corrected chi connectivity index (χ3v) is 2.47. The van der Waals surface area contributed by atoms with Crippen molar-refractivity contribution in [2.75, 3.05) is 13.6 Å². The van der Waals surface area contributed by atoms with E-state index in [4.69, 9.17) is 0 Å². The smallest absolute Gasteiger partial charge is 0.0164 e. The maximum atomic E-state index is 3.20. The summed E-state index contributed by atoms with van der Waals surface area (Å²) in [5, 5.41) is 3.20. The quantitative estimate of drug-likeness (QED) is 0.791. The molecule has 0 atom stereocenters. The lowest BCUT2D eigenvalue weighted by atomic mass is 10.0. The van der Waals surface area contributed by atoms with Gasteiger partial charge in [0, 0.05) is 6.54 Å². The van der Waals surface area contributed by atoms with Crippen LogP contribution in [0, 0.1) is 13.8 Å². The summed E-state index contributed by atoms with van der Waals surface area (Å²) in [7, 11) is 1.99. The third-order valence-electron chi connectivity index (χ3n) is 2.47. The molecule has 0 spiro atoms. The van der Waals surface area contributed by atoms with Crippen molar-refractivity contribution in [3.05, 3.63) is 40.5 Å². The maximum Gasteiger partial charge on any atom is 0.0164 e. The summed E-state index contributed by atoms with van der Waals surface area (Å²) in [6, 6.07) is 6.68. The van der Waals surface area contributed by atoms with E-state index >= 15 is 0 Å². The minimum Gasteiger partial charge on any atom is -0.316 e. The minimum absolute atomic E-state index is 0.976. The van der Waals surface area contributed by atoms with Crippen molar-refractivity contribution in [3.63, 3.8) is 0 Å². The summed E-state index contributed by atoms with van der Waals surface area (Å²) < 4.78 is 0. The fraction of sp³-hybridized carbons (Fsp3) is 0.429. The molecule has 15 heavy (non-hydrogen) atoms. The Morgan fingerprint density at radius 2 is 1.80 bits per heavy atom. The Morgan fingerprint density at radius 1 is 1.20 bits per heavy atom. The molecule has 0 saturated heterocycles. The summed E-state index contributed by atoms with van der Waals surface area (Å²) in [6.07, 6.45) is 3.39. The van der Waals surface area contributed by atoms with E-state index in [0.29, 0.717) is 0 Å². The zero-order chi connectivity index (χ0) is 11.3. The number of aryl methyl sites for hydroxylation is 2. The van der Waals surface area contributed by atoms with Crippen molar-refractivity contribution in [2.24, 2.45) is 0 Å². The summed E-state index contributed by atoms with van der Waals surface area (Å²) in [4.78, 5) is 0. The van der Waals surface area contributed by atoms with Crippen LogP contribution in [-0.2, 0) is 0 Å². The van der Waals surface area contributed by atoms with Crippen molar-refractivity contribution < 1.29 is 0 Å². The fourth-order valence-corrected chi connectivity index (χ4v) is 1.83. The highest BCUT2D eigenvalue weighted by molar-refractivity contribution is 5.55. The second kappa shape index (κ2) is 5.72. The van der Waals surface area contributed by atoms with Crippen LogP contribution in [0.1, 0.15) is 30.0 Å². The molecule has 82 valence electrons. The van der Waals surface area contributed by atoms with E-state index in [0.717, 1.165) is 13.0 Å². The Hall–Kier alpha value is -1.08. The standard InChI is InChI=1S/C14H21N/c1-5-13(10-15-4)9-14-7-11(2)6-12(3)8-14/h6-9,15H,5,10H2,1-4H3. The first-order valence-electron chi connectivity index (χ1n) is 5.58. The van der Waals surface area contributed by atoms with E-state index in [-0.39, 0.29) is 0 Å². The van der Waals surface area contributed by atoms with Gasteiger partial charge in [0.2, 0.25) is 0 Å². The first-order chi connectivity index (χ1) is 7.15. The Balaban J connectivity index is 2.94. The molecule has 0 aliphatic heterocycles. The second-order valence-corrected chi connectivity index (χ2v) is 4.11.